The van der Waals surface area contributed by atoms with Crippen molar-refractivity contribution >= 4 is 0 Å². The Kier molecular flexibility index (Phi) is 6.15. The minimum Gasteiger partial charge on any atom is -0.383 e. The molecule has 0 aliphatic carbocycles. The quantitative estimate of drug-likeness (QED) is 0.679. The second kappa shape index (κ2) is 6.27. The summed E-state index contributed by atoms with van der Waals surface area (Å²) in [6, 6.07) is -0.0116. The van der Waals surface area contributed by atoms with E-state index in [1.165, 1.54) is 0 Å². The average molecular weight is 210 g/mol. The van der Waals surface area contributed by atoms with Crippen molar-refractivity contribution in [2.45, 2.75) is 25.8 Å². The Labute approximate surface area is 84.2 Å². The van der Waals surface area contributed by atoms with E-state index in [-0.39, 0.29) is 12.6 Å². The van der Waals surface area contributed by atoms with E-state index in [4.69, 9.17) is 10.5 Å². The molecule has 0 aliphatic heterocycles. The molecule has 0 saturated carbocycles. The summed E-state index contributed by atoms with van der Waals surface area (Å²) in [6.07, 6.45) is 0. The largest absolute Gasteiger partial charge is 0.383 e. The number of nitrogens with two attached hydrogens (primary N) is 1. The third-order valence-corrected chi connectivity index (χ3v) is 2.17. The van der Waals surface area contributed by atoms with Gasteiger partial charge < -0.3 is 10.5 Å². The number of alkyl halides is 2. The molecule has 0 radical (unpaired) electrons. The van der Waals surface area contributed by atoms with Crippen LogP contribution in [0, 0.1) is 0 Å². The highest BCUT2D eigenvalue weighted by Gasteiger charge is 2.30. The predicted octanol–water partition coefficient (Wildman–Crippen LogP) is 0.937. The third kappa shape index (κ3) is 4.83. The zero-order valence-corrected chi connectivity index (χ0v) is 9.09. The number of methoxy groups -OCH3 is 1. The molecule has 86 valence electrons. The minimum absolute atomic E-state index is 0.0116. The summed E-state index contributed by atoms with van der Waals surface area (Å²) in [5.41, 5.74) is 4.98. The smallest absolute Gasteiger partial charge is 0.272 e. The SMILES string of the molecule is CCN(CC(F)(F)CN)C(C)COC. The van der Waals surface area contributed by atoms with Crippen LogP contribution in [-0.2, 0) is 4.74 Å². The molecule has 5 heteroatoms. The Bertz CT molecular complexity index is 156. The monoisotopic (exact) mass is 210 g/mol. The van der Waals surface area contributed by atoms with Gasteiger partial charge in [-0.1, -0.05) is 6.92 Å². The van der Waals surface area contributed by atoms with Crippen molar-refractivity contribution < 1.29 is 13.5 Å². The van der Waals surface area contributed by atoms with Gasteiger partial charge in [-0.3, -0.25) is 4.90 Å². The fraction of sp³-hybridized carbons (Fsp3) is 1.00. The van der Waals surface area contributed by atoms with Gasteiger partial charge in [0.15, 0.2) is 0 Å². The van der Waals surface area contributed by atoms with Crippen LogP contribution in [0.2, 0.25) is 0 Å². The number of hydrogen-bond donors (Lipinski definition) is 1. The number of nitrogens with zero attached hydrogens (tertiary/aromatic N) is 1. The second-order valence-corrected chi connectivity index (χ2v) is 3.43. The van der Waals surface area contributed by atoms with Gasteiger partial charge in [-0.15, -0.1) is 0 Å². The minimum atomic E-state index is -2.81. The molecule has 0 aromatic heterocycles. The summed E-state index contributed by atoms with van der Waals surface area (Å²) in [6.45, 7) is 3.82. The first-order valence-corrected chi connectivity index (χ1v) is 4.77. The second-order valence-electron chi connectivity index (χ2n) is 3.43. The van der Waals surface area contributed by atoms with Crippen LogP contribution < -0.4 is 5.73 Å². The topological polar surface area (TPSA) is 38.5 Å². The maximum Gasteiger partial charge on any atom is 0.272 e. The first kappa shape index (κ1) is 13.7. The molecule has 2 N–H and O–H groups in total. The van der Waals surface area contributed by atoms with E-state index in [9.17, 15) is 8.78 Å². The molecule has 3 nitrogen and oxygen atoms in total. The highest BCUT2D eigenvalue weighted by molar-refractivity contribution is 4.76. The van der Waals surface area contributed by atoms with E-state index in [0.717, 1.165) is 0 Å². The zero-order valence-electron chi connectivity index (χ0n) is 9.09. The van der Waals surface area contributed by atoms with Gasteiger partial charge in [0.1, 0.15) is 0 Å². The summed E-state index contributed by atoms with van der Waals surface area (Å²) < 4.78 is 30.9. The number of halogens is 2. The molecule has 0 fully saturated rings. The zero-order chi connectivity index (χ0) is 11.2. The van der Waals surface area contributed by atoms with Crippen molar-refractivity contribution in [3.8, 4) is 0 Å². The van der Waals surface area contributed by atoms with Crippen LogP contribution in [-0.4, -0.2) is 50.2 Å². The molecule has 0 rings (SSSR count). The van der Waals surface area contributed by atoms with Crippen molar-refractivity contribution in [3.63, 3.8) is 0 Å². The molecular formula is C9H20F2N2O. The van der Waals surface area contributed by atoms with Gasteiger partial charge in [0.2, 0.25) is 0 Å². The van der Waals surface area contributed by atoms with Gasteiger partial charge in [0.05, 0.1) is 19.7 Å². The molecule has 0 saturated heterocycles. The third-order valence-electron chi connectivity index (χ3n) is 2.17. The summed E-state index contributed by atoms with van der Waals surface area (Å²) in [5.74, 6) is -2.81. The highest BCUT2D eigenvalue weighted by atomic mass is 19.3. The summed E-state index contributed by atoms with van der Waals surface area (Å²) >= 11 is 0. The van der Waals surface area contributed by atoms with Gasteiger partial charge in [-0.05, 0) is 13.5 Å². The average Bonchev–Trinajstić information content (AvgIpc) is 2.14. The van der Waals surface area contributed by atoms with Crippen LogP contribution in [0.25, 0.3) is 0 Å². The number of hydrogen-bond acceptors (Lipinski definition) is 3. The molecule has 0 heterocycles. The van der Waals surface area contributed by atoms with Crippen molar-refractivity contribution in [3.05, 3.63) is 0 Å². The first-order chi connectivity index (χ1) is 6.46. The van der Waals surface area contributed by atoms with E-state index in [2.05, 4.69) is 0 Å². The highest BCUT2D eigenvalue weighted by Crippen LogP contribution is 2.15. The Morgan fingerprint density at radius 1 is 1.50 bits per heavy atom. The van der Waals surface area contributed by atoms with E-state index in [0.29, 0.717) is 13.2 Å². The molecule has 1 unspecified atom stereocenters. The van der Waals surface area contributed by atoms with Crippen molar-refractivity contribution in [2.75, 3.05) is 33.4 Å². The predicted molar refractivity (Wildman–Crippen MR) is 52.6 cm³/mol. The molecule has 0 aromatic carbocycles. The van der Waals surface area contributed by atoms with Gasteiger partial charge in [-0.25, -0.2) is 8.78 Å². The molecule has 14 heavy (non-hydrogen) atoms. The van der Waals surface area contributed by atoms with Crippen LogP contribution in [0.15, 0.2) is 0 Å². The van der Waals surface area contributed by atoms with Gasteiger partial charge >= 0.3 is 0 Å². The fourth-order valence-corrected chi connectivity index (χ4v) is 1.29. The van der Waals surface area contributed by atoms with Crippen LogP contribution in [0.3, 0.4) is 0 Å². The van der Waals surface area contributed by atoms with E-state index >= 15 is 0 Å². The number of ether oxygens (including phenoxy) is 1. The summed E-state index contributed by atoms with van der Waals surface area (Å²) in [4.78, 5) is 1.66. The maximum atomic E-state index is 13.0. The van der Waals surface area contributed by atoms with Crippen LogP contribution in [0.4, 0.5) is 8.78 Å². The molecule has 0 amide bonds. The van der Waals surface area contributed by atoms with Crippen molar-refractivity contribution in [1.82, 2.24) is 4.90 Å². The summed E-state index contributed by atoms with van der Waals surface area (Å²) in [7, 11) is 1.56. The Morgan fingerprint density at radius 3 is 2.43 bits per heavy atom. The number of rotatable bonds is 7. The molecule has 0 aromatic rings. The Balaban J connectivity index is 4.14. The lowest BCUT2D eigenvalue weighted by atomic mass is 10.2. The van der Waals surface area contributed by atoms with Crippen molar-refractivity contribution in [2.24, 2.45) is 5.73 Å². The van der Waals surface area contributed by atoms with E-state index in [1.54, 1.807) is 12.0 Å². The van der Waals surface area contributed by atoms with Crippen LogP contribution in [0.5, 0.6) is 0 Å². The Hall–Kier alpha value is -0.260. The fourth-order valence-electron chi connectivity index (χ4n) is 1.29. The summed E-state index contributed by atoms with van der Waals surface area (Å²) in [5, 5.41) is 0. The van der Waals surface area contributed by atoms with Crippen LogP contribution in [0.1, 0.15) is 13.8 Å². The lowest BCUT2D eigenvalue weighted by Crippen LogP contribution is -2.46. The van der Waals surface area contributed by atoms with Gasteiger partial charge in [0, 0.05) is 13.2 Å². The lowest BCUT2D eigenvalue weighted by Gasteiger charge is -2.30. The van der Waals surface area contributed by atoms with E-state index < -0.39 is 12.5 Å². The van der Waals surface area contributed by atoms with Gasteiger partial charge in [0.25, 0.3) is 5.92 Å². The standard InChI is InChI=1S/C9H20F2N2O/c1-4-13(8(2)5-14-3)7-9(10,11)6-12/h8H,4-7,12H2,1-3H3. The number of likely N-dealkylation sites (N-methyl/N-ethyl adjacent to an activating group) is 1. The van der Waals surface area contributed by atoms with Crippen molar-refractivity contribution in [1.29, 1.82) is 0 Å². The molecule has 0 bridgehead atoms. The molecular weight excluding hydrogens is 190 g/mol. The Morgan fingerprint density at radius 2 is 2.07 bits per heavy atom. The van der Waals surface area contributed by atoms with Gasteiger partial charge in [-0.2, -0.15) is 0 Å². The lowest BCUT2D eigenvalue weighted by molar-refractivity contribution is -0.0387. The molecule has 1 atom stereocenters. The maximum absolute atomic E-state index is 13.0. The molecule has 0 spiro atoms. The normalized spacial score (nSPS) is 14.8. The first-order valence-electron chi connectivity index (χ1n) is 4.77. The van der Waals surface area contributed by atoms with Crippen LogP contribution >= 0.6 is 0 Å². The van der Waals surface area contributed by atoms with E-state index in [1.807, 2.05) is 13.8 Å². The molecule has 0 aliphatic rings.